The van der Waals surface area contributed by atoms with Crippen LogP contribution in [0.3, 0.4) is 0 Å². The Bertz CT molecular complexity index is 287. The van der Waals surface area contributed by atoms with Gasteiger partial charge in [0.05, 0.1) is 10.7 Å². The number of rotatable bonds is 7. The number of hydrogen-bond donors (Lipinski definition) is 1. The van der Waals surface area contributed by atoms with Gasteiger partial charge < -0.3 is 5.32 Å². The van der Waals surface area contributed by atoms with Gasteiger partial charge in [0, 0.05) is 17.8 Å². The molecule has 0 amide bonds. The summed E-state index contributed by atoms with van der Waals surface area (Å²) < 4.78 is 0. The molecule has 1 N–H and O–H groups in total. The van der Waals surface area contributed by atoms with Gasteiger partial charge in [-0.1, -0.05) is 20.3 Å². The van der Waals surface area contributed by atoms with Gasteiger partial charge in [0.1, 0.15) is 0 Å². The van der Waals surface area contributed by atoms with Crippen molar-refractivity contribution in [3.63, 3.8) is 0 Å². The van der Waals surface area contributed by atoms with Crippen LogP contribution in [-0.2, 0) is 6.42 Å². The molecule has 16 heavy (non-hydrogen) atoms. The van der Waals surface area contributed by atoms with Crippen LogP contribution >= 0.6 is 11.3 Å². The number of nitrogens with one attached hydrogen (secondary N) is 1. The van der Waals surface area contributed by atoms with Gasteiger partial charge in [-0.25, -0.2) is 4.98 Å². The van der Waals surface area contributed by atoms with Gasteiger partial charge in [-0.2, -0.15) is 0 Å². The molecule has 0 aliphatic heterocycles. The lowest BCUT2D eigenvalue weighted by molar-refractivity contribution is 0.478. The van der Waals surface area contributed by atoms with Crippen molar-refractivity contribution in [1.82, 2.24) is 10.3 Å². The van der Waals surface area contributed by atoms with Crippen molar-refractivity contribution in [3.8, 4) is 0 Å². The zero-order valence-corrected chi connectivity index (χ0v) is 11.8. The van der Waals surface area contributed by atoms with E-state index >= 15 is 0 Å². The Hall–Kier alpha value is -0.410. The summed E-state index contributed by atoms with van der Waals surface area (Å²) in [6.45, 7) is 11.0. The summed E-state index contributed by atoms with van der Waals surface area (Å²) in [5, 5.41) is 4.78. The molecule has 0 saturated heterocycles. The Morgan fingerprint density at radius 1 is 1.38 bits per heavy atom. The third-order valence-corrected chi connectivity index (χ3v) is 4.00. The molecule has 0 fully saturated rings. The summed E-state index contributed by atoms with van der Waals surface area (Å²) in [7, 11) is 0. The fourth-order valence-electron chi connectivity index (χ4n) is 1.78. The molecule has 1 rings (SSSR count). The van der Waals surface area contributed by atoms with Crippen molar-refractivity contribution in [1.29, 1.82) is 0 Å². The summed E-state index contributed by atoms with van der Waals surface area (Å²) in [5.41, 5.74) is 1.19. The van der Waals surface area contributed by atoms with Gasteiger partial charge >= 0.3 is 0 Å². The summed E-state index contributed by atoms with van der Waals surface area (Å²) in [5.74, 6) is 0.796. The van der Waals surface area contributed by atoms with E-state index in [1.165, 1.54) is 28.4 Å². The van der Waals surface area contributed by atoms with Crippen molar-refractivity contribution in [3.05, 3.63) is 15.6 Å². The van der Waals surface area contributed by atoms with Crippen molar-refractivity contribution in [2.75, 3.05) is 13.1 Å². The van der Waals surface area contributed by atoms with E-state index < -0.39 is 0 Å². The summed E-state index contributed by atoms with van der Waals surface area (Å²) in [6, 6.07) is 0. The molecule has 0 spiro atoms. The topological polar surface area (TPSA) is 24.9 Å². The molecule has 92 valence electrons. The lowest BCUT2D eigenvalue weighted by Gasteiger charge is -2.10. The molecule has 1 heterocycles. The molecule has 0 aromatic carbocycles. The van der Waals surface area contributed by atoms with Crippen LogP contribution in [-0.4, -0.2) is 18.1 Å². The van der Waals surface area contributed by atoms with E-state index in [2.05, 4.69) is 38.0 Å². The molecule has 2 nitrogen and oxygen atoms in total. The highest BCUT2D eigenvalue weighted by Crippen LogP contribution is 2.16. The molecule has 1 unspecified atom stereocenters. The van der Waals surface area contributed by atoms with Crippen molar-refractivity contribution in [2.24, 2.45) is 5.92 Å². The van der Waals surface area contributed by atoms with Gasteiger partial charge in [-0.15, -0.1) is 11.3 Å². The maximum absolute atomic E-state index is 4.54. The van der Waals surface area contributed by atoms with Gasteiger partial charge in [0.15, 0.2) is 0 Å². The predicted octanol–water partition coefficient (Wildman–Crippen LogP) is 3.33. The molecular weight excluding hydrogens is 216 g/mol. The van der Waals surface area contributed by atoms with E-state index in [4.69, 9.17) is 0 Å². The second-order valence-corrected chi connectivity index (χ2v) is 5.88. The first kappa shape index (κ1) is 13.7. The smallest absolute Gasteiger partial charge is 0.0943 e. The number of thiazole rings is 1. The third-order valence-electron chi connectivity index (χ3n) is 2.86. The second-order valence-electron chi connectivity index (χ2n) is 4.60. The summed E-state index contributed by atoms with van der Waals surface area (Å²) in [6.07, 6.45) is 3.67. The Balaban J connectivity index is 2.16. The Labute approximate surface area is 103 Å². The van der Waals surface area contributed by atoms with E-state index in [9.17, 15) is 0 Å². The SMILES string of the molecule is CCCC(C)CNCCc1nc(C)c(C)s1. The molecule has 1 atom stereocenters. The Kier molecular flexibility index (Phi) is 5.99. The summed E-state index contributed by atoms with van der Waals surface area (Å²) in [4.78, 5) is 5.90. The van der Waals surface area contributed by atoms with Gasteiger partial charge in [-0.05, 0) is 32.7 Å². The normalized spacial score (nSPS) is 13.0. The molecule has 1 aromatic heterocycles. The highest BCUT2D eigenvalue weighted by molar-refractivity contribution is 7.11. The van der Waals surface area contributed by atoms with E-state index in [0.717, 1.165) is 25.4 Å². The van der Waals surface area contributed by atoms with Gasteiger partial charge in [0.2, 0.25) is 0 Å². The minimum atomic E-state index is 0.796. The fourth-order valence-corrected chi connectivity index (χ4v) is 2.72. The zero-order valence-electron chi connectivity index (χ0n) is 11.0. The minimum Gasteiger partial charge on any atom is -0.316 e. The molecule has 1 aromatic rings. The molecule has 0 saturated carbocycles. The van der Waals surface area contributed by atoms with E-state index in [0.29, 0.717) is 0 Å². The standard InChI is InChI=1S/C13H24N2S/c1-5-6-10(2)9-14-8-7-13-15-11(3)12(4)16-13/h10,14H,5-9H2,1-4H3. The predicted molar refractivity (Wildman–Crippen MR) is 72.2 cm³/mol. The zero-order chi connectivity index (χ0) is 12.0. The molecule has 0 aliphatic rings. The quantitative estimate of drug-likeness (QED) is 0.740. The van der Waals surface area contributed by atoms with Crippen LogP contribution in [0.4, 0.5) is 0 Å². The lowest BCUT2D eigenvalue weighted by atomic mass is 10.1. The van der Waals surface area contributed by atoms with Crippen LogP contribution in [0, 0.1) is 19.8 Å². The maximum atomic E-state index is 4.54. The summed E-state index contributed by atoms with van der Waals surface area (Å²) >= 11 is 1.83. The highest BCUT2D eigenvalue weighted by Gasteiger charge is 2.03. The molecular formula is C13H24N2S. The minimum absolute atomic E-state index is 0.796. The Morgan fingerprint density at radius 3 is 2.69 bits per heavy atom. The van der Waals surface area contributed by atoms with Crippen LogP contribution in [0.15, 0.2) is 0 Å². The number of aryl methyl sites for hydroxylation is 2. The van der Waals surface area contributed by atoms with E-state index in [-0.39, 0.29) is 0 Å². The van der Waals surface area contributed by atoms with Crippen LogP contribution in [0.2, 0.25) is 0 Å². The lowest BCUT2D eigenvalue weighted by Crippen LogP contribution is -2.23. The second kappa shape index (κ2) is 7.02. The average Bonchev–Trinajstić information content (AvgIpc) is 2.54. The largest absolute Gasteiger partial charge is 0.316 e. The molecule has 0 radical (unpaired) electrons. The fraction of sp³-hybridized carbons (Fsp3) is 0.769. The third kappa shape index (κ3) is 4.62. The molecule has 0 bridgehead atoms. The Morgan fingerprint density at radius 2 is 2.12 bits per heavy atom. The van der Waals surface area contributed by atoms with Crippen LogP contribution in [0.5, 0.6) is 0 Å². The van der Waals surface area contributed by atoms with Gasteiger partial charge in [0.25, 0.3) is 0 Å². The maximum Gasteiger partial charge on any atom is 0.0943 e. The van der Waals surface area contributed by atoms with E-state index in [1.54, 1.807) is 0 Å². The van der Waals surface area contributed by atoms with Crippen LogP contribution in [0.25, 0.3) is 0 Å². The number of aromatic nitrogens is 1. The monoisotopic (exact) mass is 240 g/mol. The van der Waals surface area contributed by atoms with E-state index in [1.807, 2.05) is 11.3 Å². The number of hydrogen-bond acceptors (Lipinski definition) is 3. The van der Waals surface area contributed by atoms with Crippen molar-refractivity contribution >= 4 is 11.3 Å². The highest BCUT2D eigenvalue weighted by atomic mass is 32.1. The van der Waals surface area contributed by atoms with Crippen LogP contribution in [0.1, 0.15) is 42.3 Å². The van der Waals surface area contributed by atoms with Crippen molar-refractivity contribution in [2.45, 2.75) is 47.0 Å². The first-order chi connectivity index (χ1) is 7.63. The average molecular weight is 240 g/mol. The first-order valence-corrected chi connectivity index (χ1v) is 7.08. The van der Waals surface area contributed by atoms with Crippen molar-refractivity contribution < 1.29 is 0 Å². The number of nitrogens with zero attached hydrogens (tertiary/aromatic N) is 1. The molecule has 0 aliphatic carbocycles. The van der Waals surface area contributed by atoms with Crippen LogP contribution < -0.4 is 5.32 Å². The first-order valence-electron chi connectivity index (χ1n) is 6.27. The molecule has 3 heteroatoms. The van der Waals surface area contributed by atoms with Gasteiger partial charge in [-0.3, -0.25) is 0 Å².